The molecule has 0 amide bonds. The highest BCUT2D eigenvalue weighted by atomic mass is 14.4. The molecule has 6 rings (SSSR count). The van der Waals surface area contributed by atoms with Crippen LogP contribution >= 0.6 is 0 Å². The van der Waals surface area contributed by atoms with Crippen LogP contribution in [0.5, 0.6) is 0 Å². The fourth-order valence-electron chi connectivity index (χ4n) is 5.03. The van der Waals surface area contributed by atoms with Crippen LogP contribution in [0.15, 0.2) is 97.1 Å². The first kappa shape index (κ1) is 17.2. The van der Waals surface area contributed by atoms with Gasteiger partial charge in [0.15, 0.2) is 0 Å². The average molecular weight is 383 g/mol. The number of allylic oxidation sites excluding steroid dienone is 2. The van der Waals surface area contributed by atoms with E-state index in [-0.39, 0.29) is 0 Å². The van der Waals surface area contributed by atoms with Gasteiger partial charge in [-0.05, 0) is 69.5 Å². The SMILES string of the molecule is Cc1ccc2c(c1)C(c1ccccc1)=C1C2=C(c2ccccc2)c2cc(C)ccc21. The zero-order chi connectivity index (χ0) is 20.2. The Morgan fingerprint density at radius 3 is 1.17 bits per heavy atom. The monoisotopic (exact) mass is 382 g/mol. The van der Waals surface area contributed by atoms with Gasteiger partial charge in [0.05, 0.1) is 0 Å². The minimum atomic E-state index is 1.29. The summed E-state index contributed by atoms with van der Waals surface area (Å²) >= 11 is 0. The normalized spacial score (nSPS) is 14.1. The van der Waals surface area contributed by atoms with E-state index in [9.17, 15) is 0 Å². The highest BCUT2D eigenvalue weighted by molar-refractivity contribution is 6.35. The summed E-state index contributed by atoms with van der Waals surface area (Å²) in [5, 5.41) is 0. The lowest BCUT2D eigenvalue weighted by molar-refractivity contribution is 1.42. The quantitative estimate of drug-likeness (QED) is 0.336. The lowest BCUT2D eigenvalue weighted by atomic mass is 9.91. The third-order valence-electron chi connectivity index (χ3n) is 6.30. The standard InChI is InChI=1S/C30H22/c1-19-13-15-23-25(17-19)27(21-9-5-3-6-10-21)30-24-16-14-20(2)18-26(24)28(29(23)30)22-11-7-4-8-12-22/h3-18H,1-2H3. The summed E-state index contributed by atoms with van der Waals surface area (Å²) in [6.45, 7) is 4.37. The third-order valence-corrected chi connectivity index (χ3v) is 6.30. The highest BCUT2D eigenvalue weighted by Gasteiger charge is 2.37. The maximum atomic E-state index is 2.35. The van der Waals surface area contributed by atoms with Gasteiger partial charge in [-0.2, -0.15) is 0 Å². The molecule has 0 nitrogen and oxygen atoms in total. The van der Waals surface area contributed by atoms with Crippen LogP contribution < -0.4 is 0 Å². The van der Waals surface area contributed by atoms with Crippen LogP contribution in [0.3, 0.4) is 0 Å². The van der Waals surface area contributed by atoms with Gasteiger partial charge in [-0.3, -0.25) is 0 Å². The fraction of sp³-hybridized carbons (Fsp3) is 0.0667. The zero-order valence-electron chi connectivity index (χ0n) is 17.2. The molecular formula is C30H22. The van der Waals surface area contributed by atoms with Crippen molar-refractivity contribution in [1.29, 1.82) is 0 Å². The molecule has 0 saturated heterocycles. The predicted molar refractivity (Wildman–Crippen MR) is 127 cm³/mol. The van der Waals surface area contributed by atoms with Gasteiger partial charge in [0.2, 0.25) is 0 Å². The van der Waals surface area contributed by atoms with Crippen LogP contribution in [-0.2, 0) is 0 Å². The summed E-state index contributed by atoms with van der Waals surface area (Å²) < 4.78 is 0. The van der Waals surface area contributed by atoms with Gasteiger partial charge < -0.3 is 0 Å². The van der Waals surface area contributed by atoms with Gasteiger partial charge in [0, 0.05) is 0 Å². The van der Waals surface area contributed by atoms with Gasteiger partial charge in [-0.1, -0.05) is 108 Å². The molecule has 0 bridgehead atoms. The largest absolute Gasteiger partial charge is 0.0622 e. The van der Waals surface area contributed by atoms with Crippen molar-refractivity contribution in [3.05, 3.63) is 142 Å². The molecule has 0 heterocycles. The van der Waals surface area contributed by atoms with Crippen LogP contribution in [0.25, 0.3) is 22.3 Å². The van der Waals surface area contributed by atoms with Crippen molar-refractivity contribution in [3.63, 3.8) is 0 Å². The van der Waals surface area contributed by atoms with E-state index in [0.29, 0.717) is 0 Å². The number of benzene rings is 4. The first-order chi connectivity index (χ1) is 14.7. The van der Waals surface area contributed by atoms with E-state index in [4.69, 9.17) is 0 Å². The van der Waals surface area contributed by atoms with Gasteiger partial charge in [0.1, 0.15) is 0 Å². The van der Waals surface area contributed by atoms with Gasteiger partial charge in [-0.15, -0.1) is 0 Å². The van der Waals surface area contributed by atoms with Crippen LogP contribution in [-0.4, -0.2) is 0 Å². The molecule has 4 aromatic carbocycles. The Morgan fingerprint density at radius 1 is 0.367 bits per heavy atom. The molecule has 0 radical (unpaired) electrons. The number of aryl methyl sites for hydroxylation is 2. The second kappa shape index (κ2) is 6.43. The second-order valence-electron chi connectivity index (χ2n) is 8.33. The smallest absolute Gasteiger partial charge is 0.000763 e. The van der Waals surface area contributed by atoms with Gasteiger partial charge >= 0.3 is 0 Å². The molecular weight excluding hydrogens is 360 g/mol. The van der Waals surface area contributed by atoms with Crippen molar-refractivity contribution in [1.82, 2.24) is 0 Å². The van der Waals surface area contributed by atoms with Crippen LogP contribution in [0.4, 0.5) is 0 Å². The van der Waals surface area contributed by atoms with E-state index in [1.54, 1.807) is 0 Å². The second-order valence-corrected chi connectivity index (χ2v) is 8.33. The summed E-state index contributed by atoms with van der Waals surface area (Å²) in [4.78, 5) is 0. The van der Waals surface area contributed by atoms with E-state index in [1.807, 2.05) is 0 Å². The van der Waals surface area contributed by atoms with E-state index < -0.39 is 0 Å². The Bertz CT molecular complexity index is 1260. The van der Waals surface area contributed by atoms with Gasteiger partial charge in [0.25, 0.3) is 0 Å². The Morgan fingerprint density at radius 2 is 0.767 bits per heavy atom. The van der Waals surface area contributed by atoms with Gasteiger partial charge in [-0.25, -0.2) is 0 Å². The number of hydrogen-bond acceptors (Lipinski definition) is 0. The molecule has 0 spiro atoms. The molecule has 0 saturated carbocycles. The maximum absolute atomic E-state index is 2.35. The highest BCUT2D eigenvalue weighted by Crippen LogP contribution is 2.58. The molecule has 0 aromatic heterocycles. The Hall–Kier alpha value is -3.64. The van der Waals surface area contributed by atoms with E-state index >= 15 is 0 Å². The van der Waals surface area contributed by atoms with E-state index in [0.717, 1.165) is 0 Å². The molecule has 30 heavy (non-hydrogen) atoms. The lowest BCUT2D eigenvalue weighted by Gasteiger charge is -2.13. The fourth-order valence-corrected chi connectivity index (χ4v) is 5.03. The third kappa shape index (κ3) is 2.40. The van der Waals surface area contributed by atoms with Crippen molar-refractivity contribution in [2.24, 2.45) is 0 Å². The summed E-state index contributed by atoms with van der Waals surface area (Å²) in [5.41, 5.74) is 16.1. The van der Waals surface area contributed by atoms with Crippen molar-refractivity contribution < 1.29 is 0 Å². The maximum Gasteiger partial charge on any atom is -0.000763 e. The minimum absolute atomic E-state index is 1.29. The van der Waals surface area contributed by atoms with Crippen molar-refractivity contribution in [2.45, 2.75) is 13.8 Å². The molecule has 0 aliphatic heterocycles. The summed E-state index contributed by atoms with van der Waals surface area (Å²) in [5.74, 6) is 0. The summed E-state index contributed by atoms with van der Waals surface area (Å²) in [7, 11) is 0. The Labute approximate surface area is 177 Å². The Kier molecular flexibility index (Phi) is 3.70. The molecule has 4 aromatic rings. The van der Waals surface area contributed by atoms with Crippen LogP contribution in [0.2, 0.25) is 0 Å². The molecule has 0 N–H and O–H groups in total. The number of rotatable bonds is 2. The molecule has 142 valence electrons. The molecule has 0 fully saturated rings. The average Bonchev–Trinajstić information content (AvgIpc) is 3.26. The van der Waals surface area contributed by atoms with Crippen molar-refractivity contribution in [3.8, 4) is 0 Å². The molecule has 0 atom stereocenters. The molecule has 2 aliphatic carbocycles. The summed E-state index contributed by atoms with van der Waals surface area (Å²) in [6, 6.07) is 35.6. The van der Waals surface area contributed by atoms with E-state index in [1.165, 1.54) is 66.8 Å². The first-order valence-corrected chi connectivity index (χ1v) is 10.5. The topological polar surface area (TPSA) is 0 Å². The molecule has 2 aliphatic rings. The first-order valence-electron chi connectivity index (χ1n) is 10.5. The lowest BCUT2D eigenvalue weighted by Crippen LogP contribution is -1.93. The molecule has 0 heteroatoms. The summed E-state index contributed by atoms with van der Waals surface area (Å²) in [6.07, 6.45) is 0. The zero-order valence-corrected chi connectivity index (χ0v) is 17.2. The van der Waals surface area contributed by atoms with Crippen molar-refractivity contribution >= 4 is 22.3 Å². The predicted octanol–water partition coefficient (Wildman–Crippen LogP) is 7.55. The van der Waals surface area contributed by atoms with Crippen LogP contribution in [0, 0.1) is 13.8 Å². The molecule has 0 unspecified atom stereocenters. The Balaban J connectivity index is 1.79. The van der Waals surface area contributed by atoms with Crippen molar-refractivity contribution in [2.75, 3.05) is 0 Å². The van der Waals surface area contributed by atoms with E-state index in [2.05, 4.69) is 111 Å². The number of fused-ring (bicyclic) bond motifs is 5. The van der Waals surface area contributed by atoms with Crippen LogP contribution in [0.1, 0.15) is 44.5 Å². The number of hydrogen-bond donors (Lipinski definition) is 0. The minimum Gasteiger partial charge on any atom is -0.0622 e.